The van der Waals surface area contributed by atoms with Crippen LogP contribution in [0.15, 0.2) is 63.9 Å². The summed E-state index contributed by atoms with van der Waals surface area (Å²) in [5.41, 5.74) is 7.52. The summed E-state index contributed by atoms with van der Waals surface area (Å²) in [7, 11) is -1.40. The fraction of sp³-hybridized carbons (Fsp3) is 0.353. The minimum atomic E-state index is -1.40. The van der Waals surface area contributed by atoms with Crippen LogP contribution in [0.5, 0.6) is 0 Å². The lowest BCUT2D eigenvalue weighted by Gasteiger charge is -2.12. The lowest BCUT2D eigenvalue weighted by molar-refractivity contribution is 0.690. The Bertz CT molecular complexity index is 569. The van der Waals surface area contributed by atoms with Crippen LogP contribution in [0.1, 0.15) is 27.7 Å². The van der Waals surface area contributed by atoms with Crippen molar-refractivity contribution in [3.63, 3.8) is 0 Å². The topological polar surface area (TPSA) is 55.5 Å². The van der Waals surface area contributed by atoms with E-state index >= 15 is 0 Å². The highest BCUT2D eigenvalue weighted by molar-refractivity contribution is 7.93. The predicted octanol–water partition coefficient (Wildman–Crippen LogP) is 4.21. The maximum Gasteiger partial charge on any atom is 0.121 e. The van der Waals surface area contributed by atoms with Gasteiger partial charge in [0.1, 0.15) is 5.50 Å². The van der Waals surface area contributed by atoms with Crippen molar-refractivity contribution in [3.8, 4) is 0 Å². The molecule has 0 heterocycles. The van der Waals surface area contributed by atoms with Gasteiger partial charge in [0.2, 0.25) is 0 Å². The molecule has 0 aliphatic heterocycles. The summed E-state index contributed by atoms with van der Waals surface area (Å²) in [6.07, 6.45) is 5.24. The molecule has 0 aromatic carbocycles. The summed E-state index contributed by atoms with van der Waals surface area (Å²) in [6.45, 7) is 18.6. The van der Waals surface area contributed by atoms with Gasteiger partial charge in [-0.05, 0) is 39.3 Å². The van der Waals surface area contributed by atoms with E-state index in [1.165, 1.54) is 0 Å². The van der Waals surface area contributed by atoms with Crippen LogP contribution < -0.4 is 5.73 Å². The Labute approximate surface area is 141 Å². The monoisotopic (exact) mass is 340 g/mol. The Morgan fingerprint density at radius 3 is 2.27 bits per heavy atom. The number of alkyl halides is 1. The van der Waals surface area contributed by atoms with Crippen LogP contribution in [0.4, 0.5) is 0 Å². The van der Waals surface area contributed by atoms with E-state index in [0.717, 1.165) is 5.57 Å². The van der Waals surface area contributed by atoms with Crippen molar-refractivity contribution in [2.45, 2.75) is 39.2 Å². The van der Waals surface area contributed by atoms with Gasteiger partial charge in [0, 0.05) is 27.1 Å². The molecule has 0 fully saturated rings. The first-order chi connectivity index (χ1) is 10.1. The van der Waals surface area contributed by atoms with E-state index in [1.807, 2.05) is 6.92 Å². The molecule has 3 unspecified atom stereocenters. The van der Waals surface area contributed by atoms with Crippen molar-refractivity contribution < 1.29 is 4.21 Å². The third kappa shape index (κ3) is 6.69. The van der Waals surface area contributed by atoms with Gasteiger partial charge in [-0.2, -0.15) is 0 Å². The first-order valence-electron chi connectivity index (χ1n) is 6.87. The molecule has 0 aliphatic rings. The Morgan fingerprint density at radius 2 is 1.86 bits per heavy atom. The number of aliphatic imine (C=N–C) groups is 1. The summed E-state index contributed by atoms with van der Waals surface area (Å²) in [5, 5.41) is 0. The fourth-order valence-corrected chi connectivity index (χ4v) is 2.76. The van der Waals surface area contributed by atoms with Gasteiger partial charge in [0.25, 0.3) is 0 Å². The molecule has 0 saturated heterocycles. The van der Waals surface area contributed by atoms with Gasteiger partial charge in [-0.3, -0.25) is 4.99 Å². The molecular weight excluding hydrogens is 316 g/mol. The van der Waals surface area contributed by atoms with Gasteiger partial charge in [-0.25, -0.2) is 4.21 Å². The SMILES string of the molecule is C=C/C=C(\C=C(/C)S(=O)C(=C)C(=C)C(C)=NC(C)Cl)C(C)N. The number of nitrogens with zero attached hydrogens (tertiary/aromatic N) is 1. The number of hydrogen-bond donors (Lipinski definition) is 1. The second kappa shape index (κ2) is 9.72. The number of rotatable bonds is 8. The molecule has 0 amide bonds. The second-order valence-electron chi connectivity index (χ2n) is 4.91. The molecule has 0 bridgehead atoms. The number of halogens is 1. The van der Waals surface area contributed by atoms with Gasteiger partial charge in [-0.15, -0.1) is 0 Å². The lowest BCUT2D eigenvalue weighted by atomic mass is 10.1. The highest BCUT2D eigenvalue weighted by Crippen LogP contribution is 2.20. The molecule has 3 nitrogen and oxygen atoms in total. The normalized spacial score (nSPS) is 17.6. The molecule has 0 spiro atoms. The maximum absolute atomic E-state index is 12.5. The zero-order chi connectivity index (χ0) is 17.4. The fourth-order valence-electron chi connectivity index (χ4n) is 1.61. The molecule has 0 saturated carbocycles. The van der Waals surface area contributed by atoms with Crippen LogP contribution in [0.3, 0.4) is 0 Å². The van der Waals surface area contributed by atoms with E-state index in [2.05, 4.69) is 24.7 Å². The number of hydrogen-bond acceptors (Lipinski definition) is 3. The van der Waals surface area contributed by atoms with Crippen molar-refractivity contribution in [2.24, 2.45) is 10.7 Å². The third-order valence-corrected chi connectivity index (χ3v) is 4.36. The first-order valence-corrected chi connectivity index (χ1v) is 8.45. The minimum Gasteiger partial charge on any atom is -0.324 e. The van der Waals surface area contributed by atoms with Gasteiger partial charge < -0.3 is 5.73 Å². The molecule has 2 N–H and O–H groups in total. The van der Waals surface area contributed by atoms with Crippen LogP contribution in [0, 0.1) is 0 Å². The molecule has 5 heteroatoms. The summed E-state index contributed by atoms with van der Waals surface area (Å²) in [4.78, 5) is 5.24. The average Bonchev–Trinajstić information content (AvgIpc) is 2.43. The van der Waals surface area contributed by atoms with E-state index in [4.69, 9.17) is 17.3 Å². The minimum absolute atomic E-state index is 0.179. The third-order valence-electron chi connectivity index (χ3n) is 2.87. The van der Waals surface area contributed by atoms with E-state index in [-0.39, 0.29) is 11.5 Å². The van der Waals surface area contributed by atoms with Gasteiger partial charge >= 0.3 is 0 Å². The standard InChI is InChI=1S/C17H25ClN2OS/c1-8-9-17(13(4)19)10-11(2)22(21)15(6)12(3)14(5)20-16(7)18/h8-10,13,16H,1,3,6,19H2,2,4-5,7H3/b11-10+,17-9+,20-14?. The second-order valence-corrected chi connectivity index (χ2v) is 7.21. The van der Waals surface area contributed by atoms with E-state index in [1.54, 1.807) is 39.0 Å². The molecule has 0 aromatic rings. The Morgan fingerprint density at radius 1 is 1.32 bits per heavy atom. The molecule has 0 aromatic heterocycles. The summed E-state index contributed by atoms with van der Waals surface area (Å²) in [5.74, 6) is 0. The van der Waals surface area contributed by atoms with Crippen LogP contribution >= 0.6 is 11.6 Å². The number of allylic oxidation sites excluding steroid dienone is 4. The largest absolute Gasteiger partial charge is 0.324 e. The zero-order valence-corrected chi connectivity index (χ0v) is 15.3. The van der Waals surface area contributed by atoms with Crippen molar-refractivity contribution in [1.82, 2.24) is 0 Å². The Balaban J connectivity index is 5.34. The maximum atomic E-state index is 12.5. The highest BCUT2D eigenvalue weighted by Gasteiger charge is 2.14. The summed E-state index contributed by atoms with van der Waals surface area (Å²) < 4.78 is 12.5. The Kier molecular flexibility index (Phi) is 9.18. The molecule has 0 radical (unpaired) electrons. The van der Waals surface area contributed by atoms with E-state index in [0.29, 0.717) is 21.1 Å². The van der Waals surface area contributed by atoms with Crippen molar-refractivity contribution in [1.29, 1.82) is 0 Å². The quantitative estimate of drug-likeness (QED) is 0.311. The average molecular weight is 341 g/mol. The van der Waals surface area contributed by atoms with Crippen LogP contribution in [-0.4, -0.2) is 21.5 Å². The smallest absolute Gasteiger partial charge is 0.121 e. The van der Waals surface area contributed by atoms with Gasteiger partial charge in [0.05, 0.1) is 10.8 Å². The van der Waals surface area contributed by atoms with E-state index in [9.17, 15) is 4.21 Å². The molecule has 0 aliphatic carbocycles. The van der Waals surface area contributed by atoms with Gasteiger partial charge in [-0.1, -0.05) is 43.5 Å². The molecule has 0 rings (SSSR count). The van der Waals surface area contributed by atoms with Crippen molar-refractivity contribution in [3.05, 3.63) is 58.9 Å². The van der Waals surface area contributed by atoms with Crippen molar-refractivity contribution in [2.75, 3.05) is 0 Å². The van der Waals surface area contributed by atoms with Gasteiger partial charge in [0.15, 0.2) is 0 Å². The molecule has 3 atom stereocenters. The van der Waals surface area contributed by atoms with Crippen LogP contribution in [0.2, 0.25) is 0 Å². The first kappa shape index (κ1) is 20.8. The summed E-state index contributed by atoms with van der Waals surface area (Å²) >= 11 is 5.83. The number of nitrogens with two attached hydrogens (primary N) is 1. The molecule has 122 valence electrons. The lowest BCUT2D eigenvalue weighted by Crippen LogP contribution is -2.17. The van der Waals surface area contributed by atoms with Crippen LogP contribution in [0.25, 0.3) is 0 Å². The predicted molar refractivity (Wildman–Crippen MR) is 101 cm³/mol. The Hall–Kier alpha value is -1.23. The summed E-state index contributed by atoms with van der Waals surface area (Å²) in [6, 6.07) is -0.179. The van der Waals surface area contributed by atoms with E-state index < -0.39 is 10.8 Å². The molecular formula is C17H25ClN2OS. The highest BCUT2D eigenvalue weighted by atomic mass is 35.5. The van der Waals surface area contributed by atoms with Crippen molar-refractivity contribution >= 4 is 28.1 Å². The molecule has 22 heavy (non-hydrogen) atoms. The zero-order valence-electron chi connectivity index (χ0n) is 13.7. The van der Waals surface area contributed by atoms with Crippen LogP contribution in [-0.2, 0) is 10.8 Å².